The largest absolute Gasteiger partial charge is 0.497 e. The molecule has 0 spiro atoms. The Morgan fingerprint density at radius 3 is 2.48 bits per heavy atom. The highest BCUT2D eigenvalue weighted by atomic mass is 35.5. The second kappa shape index (κ2) is 7.38. The van der Waals surface area contributed by atoms with Gasteiger partial charge in [-0.2, -0.15) is 5.10 Å². The molecule has 0 unspecified atom stereocenters. The Labute approximate surface area is 150 Å². The average Bonchev–Trinajstić information content (AvgIpc) is 3.07. The number of rotatable bonds is 5. The Morgan fingerprint density at radius 1 is 1.20 bits per heavy atom. The summed E-state index contributed by atoms with van der Waals surface area (Å²) >= 11 is 5.93. The molecule has 3 rings (SSSR count). The minimum absolute atomic E-state index is 0.252. The molecular weight excluding hydrogens is 340 g/mol. The van der Waals surface area contributed by atoms with Gasteiger partial charge in [-0.15, -0.1) is 0 Å². The van der Waals surface area contributed by atoms with Gasteiger partial charge in [-0.25, -0.2) is 5.84 Å². The van der Waals surface area contributed by atoms with E-state index >= 15 is 0 Å². The first-order chi connectivity index (χ1) is 12.1. The van der Waals surface area contributed by atoms with E-state index in [2.05, 4.69) is 10.5 Å². The van der Waals surface area contributed by atoms with Crippen molar-refractivity contribution < 1.29 is 9.53 Å². The van der Waals surface area contributed by atoms with E-state index in [1.807, 2.05) is 48.5 Å². The molecule has 7 heteroatoms. The summed E-state index contributed by atoms with van der Waals surface area (Å²) in [6, 6.07) is 16.7. The van der Waals surface area contributed by atoms with Crippen LogP contribution in [0.25, 0.3) is 11.3 Å². The van der Waals surface area contributed by atoms with Gasteiger partial charge in [-0.3, -0.25) is 14.9 Å². The van der Waals surface area contributed by atoms with Gasteiger partial charge in [0.25, 0.3) is 5.91 Å². The number of hydrazine groups is 1. The summed E-state index contributed by atoms with van der Waals surface area (Å²) in [6.07, 6.45) is 0. The van der Waals surface area contributed by atoms with Crippen molar-refractivity contribution in [1.29, 1.82) is 0 Å². The van der Waals surface area contributed by atoms with Crippen molar-refractivity contribution in [3.05, 3.63) is 70.9 Å². The lowest BCUT2D eigenvalue weighted by atomic mass is 10.1. The number of hydrogen-bond donors (Lipinski definition) is 2. The predicted octanol–water partition coefficient (Wildman–Crippen LogP) is 2.86. The van der Waals surface area contributed by atoms with Gasteiger partial charge in [0.1, 0.15) is 5.75 Å². The normalized spacial score (nSPS) is 10.5. The Bertz CT molecular complexity index is 873. The summed E-state index contributed by atoms with van der Waals surface area (Å²) in [5.41, 5.74) is 5.10. The molecule has 1 amide bonds. The molecular formula is C18H17ClN4O2. The first-order valence-electron chi connectivity index (χ1n) is 7.58. The molecule has 0 radical (unpaired) electrons. The number of aromatic nitrogens is 2. The van der Waals surface area contributed by atoms with Gasteiger partial charge in [0.2, 0.25) is 0 Å². The third-order valence-electron chi connectivity index (χ3n) is 3.78. The first kappa shape index (κ1) is 17.0. The van der Waals surface area contributed by atoms with E-state index in [1.54, 1.807) is 17.9 Å². The van der Waals surface area contributed by atoms with Crippen molar-refractivity contribution in [2.24, 2.45) is 5.84 Å². The zero-order chi connectivity index (χ0) is 17.8. The summed E-state index contributed by atoms with van der Waals surface area (Å²) in [5, 5.41) is 5.05. The molecule has 0 aliphatic carbocycles. The van der Waals surface area contributed by atoms with Crippen molar-refractivity contribution in [1.82, 2.24) is 15.2 Å². The third-order valence-corrected chi connectivity index (χ3v) is 4.03. The van der Waals surface area contributed by atoms with E-state index in [0.29, 0.717) is 11.6 Å². The minimum atomic E-state index is -0.440. The van der Waals surface area contributed by atoms with E-state index in [4.69, 9.17) is 22.2 Å². The van der Waals surface area contributed by atoms with Gasteiger partial charge in [-0.1, -0.05) is 23.7 Å². The molecule has 0 aliphatic rings. The van der Waals surface area contributed by atoms with Crippen molar-refractivity contribution in [2.45, 2.75) is 6.54 Å². The standard InChI is InChI=1S/C18H17ClN4O2/c1-25-15-8-4-13(5-9-15)17-10-16(18(24)21-20)22-23(17)11-12-2-6-14(19)7-3-12/h2-10H,11,20H2,1H3,(H,21,24). The Morgan fingerprint density at radius 2 is 1.88 bits per heavy atom. The predicted molar refractivity (Wildman–Crippen MR) is 96.4 cm³/mol. The number of halogens is 1. The SMILES string of the molecule is COc1ccc(-c2cc(C(=O)NN)nn2Cc2ccc(Cl)cc2)cc1. The van der Waals surface area contributed by atoms with Gasteiger partial charge in [0, 0.05) is 10.6 Å². The number of nitrogens with one attached hydrogen (secondary N) is 1. The molecule has 2 aromatic carbocycles. The zero-order valence-electron chi connectivity index (χ0n) is 13.6. The van der Waals surface area contributed by atoms with Gasteiger partial charge in [-0.05, 0) is 48.0 Å². The van der Waals surface area contributed by atoms with Crippen molar-refractivity contribution >= 4 is 17.5 Å². The third kappa shape index (κ3) is 3.81. The van der Waals surface area contributed by atoms with Gasteiger partial charge >= 0.3 is 0 Å². The number of carbonyl (C=O) groups excluding carboxylic acids is 1. The number of ether oxygens (including phenoxy) is 1. The number of nitrogens with zero attached hydrogens (tertiary/aromatic N) is 2. The molecule has 0 bridgehead atoms. The van der Waals surface area contributed by atoms with E-state index in [1.165, 1.54) is 0 Å². The van der Waals surface area contributed by atoms with Gasteiger partial charge in [0.05, 0.1) is 19.3 Å². The number of nitrogen functional groups attached to an aromatic ring is 1. The van der Waals surface area contributed by atoms with Gasteiger partial charge in [0.15, 0.2) is 5.69 Å². The lowest BCUT2D eigenvalue weighted by molar-refractivity contribution is 0.0948. The number of hydrogen-bond acceptors (Lipinski definition) is 4. The summed E-state index contributed by atoms with van der Waals surface area (Å²) in [5.74, 6) is 5.55. The summed E-state index contributed by atoms with van der Waals surface area (Å²) in [7, 11) is 1.61. The fourth-order valence-electron chi connectivity index (χ4n) is 2.48. The fraction of sp³-hybridized carbons (Fsp3) is 0.111. The highest BCUT2D eigenvalue weighted by Crippen LogP contribution is 2.24. The molecule has 25 heavy (non-hydrogen) atoms. The first-order valence-corrected chi connectivity index (χ1v) is 7.96. The number of benzene rings is 2. The van der Waals surface area contributed by atoms with Crippen LogP contribution in [0.15, 0.2) is 54.6 Å². The van der Waals surface area contributed by atoms with E-state index in [0.717, 1.165) is 22.6 Å². The van der Waals surface area contributed by atoms with E-state index in [9.17, 15) is 4.79 Å². The lowest BCUT2D eigenvalue weighted by Gasteiger charge is -2.08. The molecule has 0 atom stereocenters. The van der Waals surface area contributed by atoms with Crippen LogP contribution in [0.3, 0.4) is 0 Å². The second-order valence-electron chi connectivity index (χ2n) is 5.40. The highest BCUT2D eigenvalue weighted by Gasteiger charge is 2.15. The van der Waals surface area contributed by atoms with Crippen LogP contribution in [0.2, 0.25) is 5.02 Å². The molecule has 1 aromatic heterocycles. The van der Waals surface area contributed by atoms with Crippen LogP contribution >= 0.6 is 11.6 Å². The topological polar surface area (TPSA) is 82.2 Å². The van der Waals surface area contributed by atoms with Crippen LogP contribution in [-0.4, -0.2) is 22.8 Å². The Hall–Kier alpha value is -2.83. The zero-order valence-corrected chi connectivity index (χ0v) is 14.3. The minimum Gasteiger partial charge on any atom is -0.497 e. The molecule has 0 saturated heterocycles. The van der Waals surface area contributed by atoms with Crippen molar-refractivity contribution in [2.75, 3.05) is 7.11 Å². The van der Waals surface area contributed by atoms with Crippen LogP contribution in [0.4, 0.5) is 0 Å². The number of methoxy groups -OCH3 is 1. The number of carbonyl (C=O) groups is 1. The molecule has 6 nitrogen and oxygen atoms in total. The smallest absolute Gasteiger partial charge is 0.285 e. The average molecular weight is 357 g/mol. The van der Waals surface area contributed by atoms with Crippen LogP contribution in [0.5, 0.6) is 5.75 Å². The second-order valence-corrected chi connectivity index (χ2v) is 5.84. The maximum Gasteiger partial charge on any atom is 0.285 e. The maximum atomic E-state index is 11.9. The summed E-state index contributed by atoms with van der Waals surface area (Å²) in [6.45, 7) is 0.496. The van der Waals surface area contributed by atoms with E-state index < -0.39 is 5.91 Å². The lowest BCUT2D eigenvalue weighted by Crippen LogP contribution is -2.30. The van der Waals surface area contributed by atoms with E-state index in [-0.39, 0.29) is 5.69 Å². The van der Waals surface area contributed by atoms with Crippen molar-refractivity contribution in [3.63, 3.8) is 0 Å². The highest BCUT2D eigenvalue weighted by molar-refractivity contribution is 6.30. The maximum absolute atomic E-state index is 11.9. The quantitative estimate of drug-likeness (QED) is 0.418. The molecule has 3 aromatic rings. The number of amides is 1. The van der Waals surface area contributed by atoms with Crippen LogP contribution in [-0.2, 0) is 6.54 Å². The summed E-state index contributed by atoms with van der Waals surface area (Å²) < 4.78 is 6.95. The molecule has 128 valence electrons. The summed E-state index contributed by atoms with van der Waals surface area (Å²) in [4.78, 5) is 11.9. The Kier molecular flexibility index (Phi) is 5.02. The van der Waals surface area contributed by atoms with Crippen LogP contribution < -0.4 is 16.0 Å². The van der Waals surface area contributed by atoms with Crippen LogP contribution in [0, 0.1) is 0 Å². The van der Waals surface area contributed by atoms with Crippen molar-refractivity contribution in [3.8, 4) is 17.0 Å². The number of nitrogens with two attached hydrogens (primary N) is 1. The Balaban J connectivity index is 2.00. The molecule has 0 fully saturated rings. The molecule has 1 heterocycles. The van der Waals surface area contributed by atoms with Crippen LogP contribution in [0.1, 0.15) is 16.1 Å². The fourth-order valence-corrected chi connectivity index (χ4v) is 2.61. The van der Waals surface area contributed by atoms with Gasteiger partial charge < -0.3 is 4.74 Å². The molecule has 3 N–H and O–H groups in total. The monoisotopic (exact) mass is 356 g/mol. The molecule has 0 saturated carbocycles. The molecule has 0 aliphatic heterocycles.